The summed E-state index contributed by atoms with van der Waals surface area (Å²) in [6.45, 7) is 5.03. The maximum atomic E-state index is 4.73. The summed E-state index contributed by atoms with van der Waals surface area (Å²) in [5.74, 6) is 1.16. The summed E-state index contributed by atoms with van der Waals surface area (Å²) in [4.78, 5) is 21.2. The topological polar surface area (TPSA) is 79.4 Å². The molecule has 1 aromatic carbocycles. The number of aryl methyl sites for hydroxylation is 1. The zero-order valence-corrected chi connectivity index (χ0v) is 18.8. The summed E-state index contributed by atoms with van der Waals surface area (Å²) < 4.78 is 0. The van der Waals surface area contributed by atoms with Crippen molar-refractivity contribution >= 4 is 16.7 Å². The van der Waals surface area contributed by atoms with Gasteiger partial charge in [0, 0.05) is 59.1 Å². The standard InChI is InChI=1S/C27H26N6/c1-18(10-13-29-26-15-25(32-17-33-26)20-9-8-19(2)31-16-20)21-5-3-6-23-22(11-14-30-27(21)23)24-7-4-12-28-24/h3-9,11-12,14-18,28H,10,13H2,1-2H3,(H,29,32,33). The van der Waals surface area contributed by atoms with Crippen molar-refractivity contribution in [2.45, 2.75) is 26.2 Å². The van der Waals surface area contributed by atoms with Crippen LogP contribution in [0.15, 0.2) is 79.5 Å². The van der Waals surface area contributed by atoms with E-state index in [0.29, 0.717) is 5.92 Å². The molecule has 0 spiro atoms. The van der Waals surface area contributed by atoms with Crippen LogP contribution in [-0.4, -0.2) is 31.5 Å². The van der Waals surface area contributed by atoms with Crippen molar-refractivity contribution in [1.82, 2.24) is 24.9 Å². The van der Waals surface area contributed by atoms with Crippen LogP contribution in [0.3, 0.4) is 0 Å². The van der Waals surface area contributed by atoms with E-state index in [2.05, 4.69) is 62.5 Å². The first kappa shape index (κ1) is 20.8. The number of pyridine rings is 2. The van der Waals surface area contributed by atoms with E-state index in [1.165, 1.54) is 16.5 Å². The minimum atomic E-state index is 0.343. The zero-order chi connectivity index (χ0) is 22.6. The van der Waals surface area contributed by atoms with E-state index in [9.17, 15) is 0 Å². The Morgan fingerprint density at radius 2 is 1.91 bits per heavy atom. The summed E-state index contributed by atoms with van der Waals surface area (Å²) in [7, 11) is 0. The van der Waals surface area contributed by atoms with E-state index in [-0.39, 0.29) is 0 Å². The lowest BCUT2D eigenvalue weighted by atomic mass is 9.93. The lowest BCUT2D eigenvalue weighted by molar-refractivity contribution is 0.708. The van der Waals surface area contributed by atoms with Crippen LogP contribution < -0.4 is 5.32 Å². The number of benzene rings is 1. The van der Waals surface area contributed by atoms with E-state index >= 15 is 0 Å². The molecule has 0 saturated carbocycles. The van der Waals surface area contributed by atoms with Gasteiger partial charge in [-0.15, -0.1) is 0 Å². The van der Waals surface area contributed by atoms with Crippen LogP contribution in [0.2, 0.25) is 0 Å². The molecule has 2 N–H and O–H groups in total. The van der Waals surface area contributed by atoms with Gasteiger partial charge in [-0.1, -0.05) is 25.1 Å². The molecule has 0 aliphatic heterocycles. The van der Waals surface area contributed by atoms with Gasteiger partial charge in [-0.3, -0.25) is 9.97 Å². The average molecular weight is 435 g/mol. The summed E-state index contributed by atoms with van der Waals surface area (Å²) in [6.07, 6.45) is 8.25. The van der Waals surface area contributed by atoms with Gasteiger partial charge in [0.1, 0.15) is 12.1 Å². The predicted molar refractivity (Wildman–Crippen MR) is 133 cm³/mol. The monoisotopic (exact) mass is 434 g/mol. The Bertz CT molecular complexity index is 1360. The van der Waals surface area contributed by atoms with Gasteiger partial charge in [-0.25, -0.2) is 9.97 Å². The van der Waals surface area contributed by atoms with Crippen molar-refractivity contribution in [3.05, 3.63) is 90.8 Å². The summed E-state index contributed by atoms with van der Waals surface area (Å²) >= 11 is 0. The quantitative estimate of drug-likeness (QED) is 0.329. The third-order valence-electron chi connectivity index (χ3n) is 5.98. The normalized spacial score (nSPS) is 12.1. The Morgan fingerprint density at radius 1 is 0.970 bits per heavy atom. The van der Waals surface area contributed by atoms with Crippen LogP contribution in [0.5, 0.6) is 0 Å². The second kappa shape index (κ2) is 9.20. The number of nitrogens with one attached hydrogen (secondary N) is 2. The molecule has 5 aromatic rings. The number of fused-ring (bicyclic) bond motifs is 1. The third kappa shape index (κ3) is 4.46. The molecule has 0 radical (unpaired) electrons. The highest BCUT2D eigenvalue weighted by atomic mass is 15.0. The predicted octanol–water partition coefficient (Wildman–Crippen LogP) is 6.00. The van der Waals surface area contributed by atoms with Crippen LogP contribution in [0.1, 0.15) is 30.5 Å². The summed E-state index contributed by atoms with van der Waals surface area (Å²) in [6, 6.07) is 18.6. The van der Waals surface area contributed by atoms with Crippen molar-refractivity contribution < 1.29 is 0 Å². The highest BCUT2D eigenvalue weighted by Crippen LogP contribution is 2.32. The average Bonchev–Trinajstić information content (AvgIpc) is 3.39. The van der Waals surface area contributed by atoms with Crippen LogP contribution >= 0.6 is 0 Å². The number of H-pyrrole nitrogens is 1. The van der Waals surface area contributed by atoms with Crippen LogP contribution in [0.4, 0.5) is 5.82 Å². The van der Waals surface area contributed by atoms with E-state index < -0.39 is 0 Å². The Hall–Kier alpha value is -4.06. The number of para-hydroxylation sites is 1. The number of nitrogens with zero attached hydrogens (tertiary/aromatic N) is 4. The molecular weight excluding hydrogens is 408 g/mol. The van der Waals surface area contributed by atoms with E-state index in [0.717, 1.165) is 46.9 Å². The minimum absolute atomic E-state index is 0.343. The smallest absolute Gasteiger partial charge is 0.129 e. The lowest BCUT2D eigenvalue weighted by Crippen LogP contribution is -2.08. The van der Waals surface area contributed by atoms with Gasteiger partial charge in [-0.2, -0.15) is 0 Å². The Balaban J connectivity index is 1.30. The maximum Gasteiger partial charge on any atom is 0.129 e. The van der Waals surface area contributed by atoms with Gasteiger partial charge in [-0.05, 0) is 55.2 Å². The molecule has 0 amide bonds. The van der Waals surface area contributed by atoms with Gasteiger partial charge < -0.3 is 10.3 Å². The molecule has 5 rings (SSSR count). The van der Waals surface area contributed by atoms with Gasteiger partial charge >= 0.3 is 0 Å². The molecular formula is C27H26N6. The first-order valence-electron chi connectivity index (χ1n) is 11.2. The number of hydrogen-bond donors (Lipinski definition) is 2. The fraction of sp³-hybridized carbons (Fsp3) is 0.185. The molecule has 164 valence electrons. The van der Waals surface area contributed by atoms with Crippen LogP contribution in [0.25, 0.3) is 33.4 Å². The largest absolute Gasteiger partial charge is 0.370 e. The second-order valence-electron chi connectivity index (χ2n) is 8.28. The van der Waals surface area contributed by atoms with Crippen LogP contribution in [-0.2, 0) is 0 Å². The number of rotatable bonds is 7. The Morgan fingerprint density at radius 3 is 2.73 bits per heavy atom. The summed E-state index contributed by atoms with van der Waals surface area (Å²) in [5, 5.41) is 4.62. The highest BCUT2D eigenvalue weighted by Gasteiger charge is 2.13. The van der Waals surface area contributed by atoms with Crippen molar-refractivity contribution in [3.63, 3.8) is 0 Å². The molecule has 0 saturated heterocycles. The molecule has 0 bridgehead atoms. The fourth-order valence-corrected chi connectivity index (χ4v) is 4.13. The van der Waals surface area contributed by atoms with Crippen LogP contribution in [0, 0.1) is 6.92 Å². The molecule has 4 aromatic heterocycles. The first-order chi connectivity index (χ1) is 16.2. The van der Waals surface area contributed by atoms with Gasteiger partial charge in [0.25, 0.3) is 0 Å². The molecule has 33 heavy (non-hydrogen) atoms. The molecule has 0 fully saturated rings. The minimum Gasteiger partial charge on any atom is -0.370 e. The molecule has 6 heteroatoms. The molecule has 0 aliphatic rings. The van der Waals surface area contributed by atoms with Gasteiger partial charge in [0.15, 0.2) is 0 Å². The van der Waals surface area contributed by atoms with Crippen molar-refractivity contribution in [2.24, 2.45) is 0 Å². The van der Waals surface area contributed by atoms with E-state index in [1.54, 1.807) is 6.33 Å². The first-order valence-corrected chi connectivity index (χ1v) is 11.2. The Labute approximate surface area is 193 Å². The third-order valence-corrected chi connectivity index (χ3v) is 5.98. The maximum absolute atomic E-state index is 4.73. The van der Waals surface area contributed by atoms with Gasteiger partial charge in [0.05, 0.1) is 11.2 Å². The molecule has 1 unspecified atom stereocenters. The van der Waals surface area contributed by atoms with Crippen molar-refractivity contribution in [2.75, 3.05) is 11.9 Å². The van der Waals surface area contributed by atoms with E-state index in [4.69, 9.17) is 4.98 Å². The van der Waals surface area contributed by atoms with Gasteiger partial charge in [0.2, 0.25) is 0 Å². The Kier molecular flexibility index (Phi) is 5.81. The summed E-state index contributed by atoms with van der Waals surface area (Å²) in [5.41, 5.74) is 7.45. The van der Waals surface area contributed by atoms with Crippen molar-refractivity contribution in [3.8, 4) is 22.5 Å². The lowest BCUT2D eigenvalue weighted by Gasteiger charge is -2.16. The SMILES string of the molecule is Cc1ccc(-c2cc(NCCC(C)c3cccc4c(-c5ccc[nH]5)ccnc34)ncn2)cn1. The highest BCUT2D eigenvalue weighted by molar-refractivity contribution is 5.95. The number of hydrogen-bond acceptors (Lipinski definition) is 5. The zero-order valence-electron chi connectivity index (χ0n) is 18.8. The number of aromatic amines is 1. The molecule has 6 nitrogen and oxygen atoms in total. The molecule has 0 aliphatic carbocycles. The fourth-order valence-electron chi connectivity index (χ4n) is 4.13. The second-order valence-corrected chi connectivity index (χ2v) is 8.28. The number of aromatic nitrogens is 5. The van der Waals surface area contributed by atoms with E-state index in [1.807, 2.05) is 49.8 Å². The molecule has 4 heterocycles. The number of anilines is 1. The van der Waals surface area contributed by atoms with Crippen molar-refractivity contribution in [1.29, 1.82) is 0 Å². The molecule has 1 atom stereocenters.